The van der Waals surface area contributed by atoms with Crippen LogP contribution in [0, 0.1) is 0 Å². The van der Waals surface area contributed by atoms with Gasteiger partial charge in [0, 0.05) is 24.9 Å². The maximum atomic E-state index is 11.7. The molecule has 0 amide bonds. The van der Waals surface area contributed by atoms with Gasteiger partial charge in [-0.05, 0) is 19.4 Å². The molecule has 0 bridgehead atoms. The van der Waals surface area contributed by atoms with Crippen molar-refractivity contribution in [2.45, 2.75) is 25.3 Å². The van der Waals surface area contributed by atoms with E-state index in [0.29, 0.717) is 18.2 Å². The van der Waals surface area contributed by atoms with Gasteiger partial charge in [0.15, 0.2) is 5.78 Å². The summed E-state index contributed by atoms with van der Waals surface area (Å²) < 4.78 is 0. The zero-order valence-corrected chi connectivity index (χ0v) is 7.94. The summed E-state index contributed by atoms with van der Waals surface area (Å²) in [5.74, 6) is 0.0810. The average molecular weight is 191 g/mol. The van der Waals surface area contributed by atoms with E-state index in [9.17, 15) is 4.79 Å². The fourth-order valence-electron chi connectivity index (χ4n) is 1.70. The Morgan fingerprint density at radius 2 is 2.50 bits per heavy atom. The second-order valence-electron chi connectivity index (χ2n) is 3.51. The van der Waals surface area contributed by atoms with Crippen molar-refractivity contribution in [3.05, 3.63) is 24.3 Å². The van der Waals surface area contributed by atoms with Crippen molar-refractivity contribution in [3.63, 3.8) is 0 Å². The molecule has 1 atom stereocenters. The van der Waals surface area contributed by atoms with Crippen LogP contribution in [0.25, 0.3) is 0 Å². The summed E-state index contributed by atoms with van der Waals surface area (Å²) in [6, 6.07) is 0.338. The minimum atomic E-state index is 0.0810. The van der Waals surface area contributed by atoms with Crippen LogP contribution in [-0.2, 0) is 0 Å². The van der Waals surface area contributed by atoms with Gasteiger partial charge in [0.2, 0.25) is 0 Å². The van der Waals surface area contributed by atoms with Crippen LogP contribution in [0.2, 0.25) is 0 Å². The highest BCUT2D eigenvalue weighted by atomic mass is 16.1. The predicted octanol–water partition coefficient (Wildman–Crippen LogP) is 0.801. The fourth-order valence-corrected chi connectivity index (χ4v) is 1.70. The molecule has 1 aromatic heterocycles. The summed E-state index contributed by atoms with van der Waals surface area (Å²) >= 11 is 0. The summed E-state index contributed by atoms with van der Waals surface area (Å²) in [5, 5.41) is 3.29. The van der Waals surface area contributed by atoms with Gasteiger partial charge in [-0.1, -0.05) is 0 Å². The van der Waals surface area contributed by atoms with Gasteiger partial charge in [-0.15, -0.1) is 0 Å². The van der Waals surface area contributed by atoms with Crippen molar-refractivity contribution in [1.82, 2.24) is 15.3 Å². The fraction of sp³-hybridized carbons (Fsp3) is 0.500. The van der Waals surface area contributed by atoms with Crippen molar-refractivity contribution in [2.24, 2.45) is 0 Å². The Kier molecular flexibility index (Phi) is 2.84. The van der Waals surface area contributed by atoms with Crippen LogP contribution in [0.1, 0.15) is 29.8 Å². The molecule has 74 valence electrons. The topological polar surface area (TPSA) is 54.9 Å². The number of Topliss-reactive ketones (excluding diaryl/α,β-unsaturated/α-hetero) is 1. The van der Waals surface area contributed by atoms with Gasteiger partial charge >= 0.3 is 0 Å². The molecule has 2 heterocycles. The molecular weight excluding hydrogens is 178 g/mol. The molecule has 4 nitrogen and oxygen atoms in total. The Hall–Kier alpha value is -1.29. The minimum Gasteiger partial charge on any atom is -0.314 e. The van der Waals surface area contributed by atoms with Gasteiger partial charge in [0.1, 0.15) is 5.69 Å². The standard InChI is InChI=1S/C10H13N3O/c14-10(6-8-2-1-3-12-8)9-7-11-4-5-13-9/h4-5,7-8,12H,1-3,6H2. The number of hydrogen-bond donors (Lipinski definition) is 1. The van der Waals surface area contributed by atoms with Gasteiger partial charge in [0.25, 0.3) is 0 Å². The van der Waals surface area contributed by atoms with Gasteiger partial charge in [-0.2, -0.15) is 0 Å². The smallest absolute Gasteiger partial charge is 0.184 e. The number of carbonyl (C=O) groups excluding carboxylic acids is 1. The third-order valence-electron chi connectivity index (χ3n) is 2.44. The largest absolute Gasteiger partial charge is 0.314 e. The normalized spacial score (nSPS) is 21.0. The van der Waals surface area contributed by atoms with Crippen LogP contribution in [-0.4, -0.2) is 28.3 Å². The molecule has 1 aliphatic rings. The molecule has 2 rings (SSSR count). The molecule has 0 saturated carbocycles. The van der Waals surface area contributed by atoms with Crippen LogP contribution in [0.5, 0.6) is 0 Å². The zero-order valence-electron chi connectivity index (χ0n) is 7.94. The first-order valence-electron chi connectivity index (χ1n) is 4.89. The first-order chi connectivity index (χ1) is 6.86. The van der Waals surface area contributed by atoms with Crippen molar-refractivity contribution in [1.29, 1.82) is 0 Å². The van der Waals surface area contributed by atoms with Gasteiger partial charge in [-0.3, -0.25) is 9.78 Å². The molecule has 1 fully saturated rings. The van der Waals surface area contributed by atoms with E-state index in [1.54, 1.807) is 12.4 Å². The summed E-state index contributed by atoms with van der Waals surface area (Å²) in [6.07, 6.45) is 7.44. The van der Waals surface area contributed by atoms with E-state index in [4.69, 9.17) is 0 Å². The van der Waals surface area contributed by atoms with Crippen molar-refractivity contribution < 1.29 is 4.79 Å². The van der Waals surface area contributed by atoms with Crippen LogP contribution < -0.4 is 5.32 Å². The Morgan fingerprint density at radius 3 is 3.14 bits per heavy atom. The molecule has 0 radical (unpaired) electrons. The van der Waals surface area contributed by atoms with E-state index < -0.39 is 0 Å². The lowest BCUT2D eigenvalue weighted by molar-refractivity contribution is 0.0966. The first-order valence-corrected chi connectivity index (χ1v) is 4.89. The lowest BCUT2D eigenvalue weighted by Gasteiger charge is -2.07. The minimum absolute atomic E-state index is 0.0810. The van der Waals surface area contributed by atoms with Crippen molar-refractivity contribution in [3.8, 4) is 0 Å². The van der Waals surface area contributed by atoms with E-state index in [1.165, 1.54) is 12.6 Å². The van der Waals surface area contributed by atoms with Crippen LogP contribution in [0.15, 0.2) is 18.6 Å². The highest BCUT2D eigenvalue weighted by molar-refractivity contribution is 5.94. The Labute approximate surface area is 82.8 Å². The highest BCUT2D eigenvalue weighted by Crippen LogP contribution is 2.11. The highest BCUT2D eigenvalue weighted by Gasteiger charge is 2.18. The van der Waals surface area contributed by atoms with Crippen molar-refractivity contribution >= 4 is 5.78 Å². The van der Waals surface area contributed by atoms with Gasteiger partial charge in [0.05, 0.1) is 6.20 Å². The molecule has 0 aliphatic carbocycles. The lowest BCUT2D eigenvalue weighted by Crippen LogP contribution is -2.24. The van der Waals surface area contributed by atoms with Crippen LogP contribution in [0.4, 0.5) is 0 Å². The number of nitrogens with zero attached hydrogens (tertiary/aromatic N) is 2. The molecule has 1 N–H and O–H groups in total. The molecule has 0 spiro atoms. The van der Waals surface area contributed by atoms with E-state index in [2.05, 4.69) is 15.3 Å². The number of carbonyl (C=O) groups is 1. The molecule has 1 unspecified atom stereocenters. The molecule has 1 aliphatic heterocycles. The number of ketones is 1. The van der Waals surface area contributed by atoms with E-state index >= 15 is 0 Å². The van der Waals surface area contributed by atoms with Crippen molar-refractivity contribution in [2.75, 3.05) is 6.54 Å². The Balaban J connectivity index is 1.95. The molecular formula is C10H13N3O. The Bertz CT molecular complexity index is 306. The summed E-state index contributed by atoms with van der Waals surface area (Å²) in [7, 11) is 0. The SMILES string of the molecule is O=C(CC1CCCN1)c1cnccn1. The second-order valence-corrected chi connectivity index (χ2v) is 3.51. The number of rotatable bonds is 3. The monoisotopic (exact) mass is 191 g/mol. The second kappa shape index (κ2) is 4.28. The maximum Gasteiger partial charge on any atom is 0.184 e. The van der Waals surface area contributed by atoms with E-state index in [0.717, 1.165) is 13.0 Å². The van der Waals surface area contributed by atoms with Crippen LogP contribution in [0.3, 0.4) is 0 Å². The maximum absolute atomic E-state index is 11.7. The average Bonchev–Trinajstić information content (AvgIpc) is 2.72. The third kappa shape index (κ3) is 2.14. The lowest BCUT2D eigenvalue weighted by atomic mass is 10.1. The number of aromatic nitrogens is 2. The Morgan fingerprint density at radius 1 is 1.57 bits per heavy atom. The number of hydrogen-bond acceptors (Lipinski definition) is 4. The summed E-state index contributed by atoms with van der Waals surface area (Å²) in [6.45, 7) is 1.03. The van der Waals surface area contributed by atoms with E-state index in [1.807, 2.05) is 0 Å². The first kappa shape index (κ1) is 9.27. The zero-order chi connectivity index (χ0) is 9.80. The van der Waals surface area contributed by atoms with Gasteiger partial charge < -0.3 is 5.32 Å². The quantitative estimate of drug-likeness (QED) is 0.718. The third-order valence-corrected chi connectivity index (χ3v) is 2.44. The van der Waals surface area contributed by atoms with E-state index in [-0.39, 0.29) is 5.78 Å². The molecule has 14 heavy (non-hydrogen) atoms. The molecule has 1 aromatic rings. The molecule has 4 heteroatoms. The number of nitrogens with one attached hydrogen (secondary N) is 1. The van der Waals surface area contributed by atoms with Gasteiger partial charge in [-0.25, -0.2) is 4.98 Å². The van der Waals surface area contributed by atoms with Crippen LogP contribution >= 0.6 is 0 Å². The molecule has 0 aromatic carbocycles. The molecule has 1 saturated heterocycles. The summed E-state index contributed by atoms with van der Waals surface area (Å²) in [5.41, 5.74) is 0.473. The summed E-state index contributed by atoms with van der Waals surface area (Å²) in [4.78, 5) is 19.5. The predicted molar refractivity (Wildman–Crippen MR) is 52.0 cm³/mol.